The van der Waals surface area contributed by atoms with Crippen LogP contribution in [0.15, 0.2) is 17.2 Å². The summed E-state index contributed by atoms with van der Waals surface area (Å²) in [5.41, 5.74) is 0.865. The van der Waals surface area contributed by atoms with Crippen LogP contribution in [0.25, 0.3) is 0 Å². The van der Waals surface area contributed by atoms with Crippen molar-refractivity contribution in [3.8, 4) is 0 Å². The van der Waals surface area contributed by atoms with Crippen molar-refractivity contribution in [1.82, 2.24) is 19.9 Å². The molecule has 2 atom stereocenters. The number of hydrogen-bond donors (Lipinski definition) is 3. The molecule has 1 fully saturated rings. The molecule has 1 aliphatic heterocycles. The Balaban J connectivity index is 2.03. The van der Waals surface area contributed by atoms with Crippen molar-refractivity contribution in [2.45, 2.75) is 43.3 Å². The fourth-order valence-corrected chi connectivity index (χ4v) is 3.85. The fourth-order valence-electron chi connectivity index (χ4n) is 2.55. The van der Waals surface area contributed by atoms with Crippen molar-refractivity contribution in [3.63, 3.8) is 0 Å². The molecule has 0 saturated carbocycles. The summed E-state index contributed by atoms with van der Waals surface area (Å²) in [4.78, 5) is 5.55. The Morgan fingerprint density at radius 1 is 1.50 bits per heavy atom. The van der Waals surface area contributed by atoms with Crippen LogP contribution in [0, 0.1) is 0 Å². The lowest BCUT2D eigenvalue weighted by molar-refractivity contribution is 0.178. The number of hydrogen-bond acceptors (Lipinski definition) is 4. The van der Waals surface area contributed by atoms with E-state index in [-0.39, 0.29) is 6.04 Å². The van der Waals surface area contributed by atoms with E-state index in [1.54, 1.807) is 12.3 Å². The molecule has 114 valence electrons. The molecule has 7 heteroatoms. The van der Waals surface area contributed by atoms with E-state index in [9.17, 15) is 8.42 Å². The van der Waals surface area contributed by atoms with Crippen LogP contribution in [-0.4, -0.2) is 51.0 Å². The summed E-state index contributed by atoms with van der Waals surface area (Å²) in [6, 6.07) is 2.10. The predicted octanol–water partition coefficient (Wildman–Crippen LogP) is 0.495. The Kier molecular flexibility index (Phi) is 4.85. The van der Waals surface area contributed by atoms with Gasteiger partial charge < -0.3 is 15.2 Å². The SMILES string of the molecule is CNCc1cc(S(=O)(=O)NC2CCN(C)C(C)C2)c[nH]1. The molecule has 1 aromatic rings. The quantitative estimate of drug-likeness (QED) is 0.740. The molecular weight excluding hydrogens is 276 g/mol. The summed E-state index contributed by atoms with van der Waals surface area (Å²) in [6.07, 6.45) is 3.25. The molecule has 2 heterocycles. The third kappa shape index (κ3) is 3.60. The van der Waals surface area contributed by atoms with Crippen LogP contribution in [0.1, 0.15) is 25.5 Å². The third-order valence-corrected chi connectivity index (χ3v) is 5.42. The number of aromatic amines is 1. The zero-order valence-corrected chi connectivity index (χ0v) is 13.1. The van der Waals surface area contributed by atoms with E-state index in [0.29, 0.717) is 17.5 Å². The first-order valence-electron chi connectivity index (χ1n) is 6.97. The van der Waals surface area contributed by atoms with Gasteiger partial charge in [-0.15, -0.1) is 0 Å². The molecule has 1 aromatic heterocycles. The Bertz CT molecular complexity index is 540. The number of aromatic nitrogens is 1. The van der Waals surface area contributed by atoms with Crippen LogP contribution in [-0.2, 0) is 16.6 Å². The van der Waals surface area contributed by atoms with Crippen LogP contribution in [0.2, 0.25) is 0 Å². The van der Waals surface area contributed by atoms with Crippen LogP contribution in [0.3, 0.4) is 0 Å². The van der Waals surface area contributed by atoms with Gasteiger partial charge in [0.1, 0.15) is 0 Å². The molecule has 1 saturated heterocycles. The number of sulfonamides is 1. The van der Waals surface area contributed by atoms with Gasteiger partial charge in [-0.25, -0.2) is 13.1 Å². The summed E-state index contributed by atoms with van der Waals surface area (Å²) < 4.78 is 27.5. The lowest BCUT2D eigenvalue weighted by Crippen LogP contribution is -2.47. The monoisotopic (exact) mass is 300 g/mol. The maximum atomic E-state index is 12.3. The van der Waals surface area contributed by atoms with E-state index < -0.39 is 10.0 Å². The minimum absolute atomic E-state index is 0.0221. The lowest BCUT2D eigenvalue weighted by atomic mass is 10.0. The van der Waals surface area contributed by atoms with Gasteiger partial charge in [0.2, 0.25) is 10.0 Å². The van der Waals surface area contributed by atoms with E-state index in [0.717, 1.165) is 25.1 Å². The summed E-state index contributed by atoms with van der Waals surface area (Å²) >= 11 is 0. The molecule has 0 bridgehead atoms. The van der Waals surface area contributed by atoms with E-state index in [2.05, 4.69) is 33.9 Å². The van der Waals surface area contributed by atoms with Gasteiger partial charge in [0.15, 0.2) is 0 Å². The first kappa shape index (κ1) is 15.5. The summed E-state index contributed by atoms with van der Waals surface area (Å²) in [6.45, 7) is 3.68. The van der Waals surface area contributed by atoms with Gasteiger partial charge in [-0.3, -0.25) is 0 Å². The minimum atomic E-state index is -3.43. The molecule has 0 spiro atoms. The first-order valence-corrected chi connectivity index (χ1v) is 8.45. The average Bonchev–Trinajstić information content (AvgIpc) is 2.83. The van der Waals surface area contributed by atoms with Crippen LogP contribution < -0.4 is 10.0 Å². The second-order valence-corrected chi connectivity index (χ2v) is 7.28. The standard InChI is InChI=1S/C13H24N4O2S/c1-10-6-11(4-5-17(10)3)16-20(18,19)13-7-12(8-14-2)15-9-13/h7,9-11,14-16H,4-6,8H2,1-3H3. The Morgan fingerprint density at radius 2 is 2.25 bits per heavy atom. The largest absolute Gasteiger partial charge is 0.363 e. The molecule has 0 aliphatic carbocycles. The molecular formula is C13H24N4O2S. The number of nitrogens with zero attached hydrogens (tertiary/aromatic N) is 1. The van der Waals surface area contributed by atoms with Gasteiger partial charge in [-0.1, -0.05) is 0 Å². The van der Waals surface area contributed by atoms with Crippen molar-refractivity contribution in [2.75, 3.05) is 20.6 Å². The smallest absolute Gasteiger partial charge is 0.242 e. The average molecular weight is 300 g/mol. The highest BCUT2D eigenvalue weighted by atomic mass is 32.2. The highest BCUT2D eigenvalue weighted by molar-refractivity contribution is 7.89. The number of rotatable bonds is 5. The van der Waals surface area contributed by atoms with Gasteiger partial charge in [0, 0.05) is 30.5 Å². The van der Waals surface area contributed by atoms with E-state index in [4.69, 9.17) is 0 Å². The molecule has 2 rings (SSSR count). The van der Waals surface area contributed by atoms with Crippen molar-refractivity contribution in [3.05, 3.63) is 18.0 Å². The number of likely N-dealkylation sites (tertiary alicyclic amines) is 1. The van der Waals surface area contributed by atoms with E-state index in [1.165, 1.54) is 0 Å². The lowest BCUT2D eigenvalue weighted by Gasteiger charge is -2.35. The fraction of sp³-hybridized carbons (Fsp3) is 0.692. The molecule has 0 radical (unpaired) electrons. The second kappa shape index (κ2) is 6.26. The number of piperidine rings is 1. The zero-order valence-electron chi connectivity index (χ0n) is 12.3. The molecule has 6 nitrogen and oxygen atoms in total. The van der Waals surface area contributed by atoms with Crippen molar-refractivity contribution in [2.24, 2.45) is 0 Å². The van der Waals surface area contributed by atoms with Gasteiger partial charge in [-0.2, -0.15) is 0 Å². The van der Waals surface area contributed by atoms with Gasteiger partial charge in [-0.05, 0) is 46.5 Å². The topological polar surface area (TPSA) is 77.2 Å². The molecule has 2 unspecified atom stereocenters. The second-order valence-electron chi connectivity index (χ2n) is 5.56. The summed E-state index contributed by atoms with van der Waals surface area (Å²) in [5, 5.41) is 2.99. The Hall–Kier alpha value is -0.890. The Morgan fingerprint density at radius 3 is 2.90 bits per heavy atom. The van der Waals surface area contributed by atoms with Crippen LogP contribution in [0.5, 0.6) is 0 Å². The summed E-state index contributed by atoms with van der Waals surface area (Å²) in [7, 11) is 0.476. The number of H-pyrrole nitrogens is 1. The maximum Gasteiger partial charge on any atom is 0.242 e. The molecule has 0 amide bonds. The maximum absolute atomic E-state index is 12.3. The summed E-state index contributed by atoms with van der Waals surface area (Å²) in [5.74, 6) is 0. The van der Waals surface area contributed by atoms with Gasteiger partial charge in [0.05, 0.1) is 4.90 Å². The minimum Gasteiger partial charge on any atom is -0.363 e. The molecule has 20 heavy (non-hydrogen) atoms. The van der Waals surface area contributed by atoms with Crippen molar-refractivity contribution in [1.29, 1.82) is 0 Å². The predicted molar refractivity (Wildman–Crippen MR) is 79.0 cm³/mol. The molecule has 0 aromatic carbocycles. The van der Waals surface area contributed by atoms with Crippen LogP contribution >= 0.6 is 0 Å². The van der Waals surface area contributed by atoms with Crippen molar-refractivity contribution >= 4 is 10.0 Å². The van der Waals surface area contributed by atoms with Crippen molar-refractivity contribution < 1.29 is 8.42 Å². The van der Waals surface area contributed by atoms with E-state index in [1.807, 2.05) is 7.05 Å². The van der Waals surface area contributed by atoms with Gasteiger partial charge in [0.25, 0.3) is 0 Å². The normalized spacial score (nSPS) is 24.9. The third-order valence-electron chi connectivity index (χ3n) is 3.92. The zero-order chi connectivity index (χ0) is 14.8. The molecule has 1 aliphatic rings. The van der Waals surface area contributed by atoms with Gasteiger partial charge >= 0.3 is 0 Å². The Labute approximate surface area is 121 Å². The van der Waals surface area contributed by atoms with E-state index >= 15 is 0 Å². The number of nitrogens with one attached hydrogen (secondary N) is 3. The first-order chi connectivity index (χ1) is 9.42. The van der Waals surface area contributed by atoms with Crippen LogP contribution in [0.4, 0.5) is 0 Å². The highest BCUT2D eigenvalue weighted by Crippen LogP contribution is 2.18. The molecule has 3 N–H and O–H groups in total. The highest BCUT2D eigenvalue weighted by Gasteiger charge is 2.27.